The molecule has 4 rings (SSSR count). The molecule has 0 aliphatic carbocycles. The van der Waals surface area contributed by atoms with Crippen molar-refractivity contribution >= 4 is 5.97 Å². The molecular formula is C29H29N3O4. The number of aliphatic hydroxyl groups excluding tert-OH is 1. The number of nitrogens with zero attached hydrogens (tertiary/aromatic N) is 1. The molecule has 0 spiro atoms. The fraction of sp³-hybridized carbons (Fsp3) is 0.172. The summed E-state index contributed by atoms with van der Waals surface area (Å²) < 4.78 is 5.57. The quantitative estimate of drug-likeness (QED) is 0.252. The zero-order valence-corrected chi connectivity index (χ0v) is 20.0. The van der Waals surface area contributed by atoms with Crippen LogP contribution in [0, 0.1) is 6.92 Å². The van der Waals surface area contributed by atoms with Crippen molar-refractivity contribution in [3.63, 3.8) is 0 Å². The Labute approximate surface area is 209 Å². The Morgan fingerprint density at radius 3 is 2.22 bits per heavy atom. The topological polar surface area (TPSA) is 122 Å². The monoisotopic (exact) mass is 483 g/mol. The van der Waals surface area contributed by atoms with Crippen molar-refractivity contribution in [1.82, 2.24) is 10.5 Å². The predicted octanol–water partition coefficient (Wildman–Crippen LogP) is 4.96. The maximum atomic E-state index is 11.0. The lowest BCUT2D eigenvalue weighted by atomic mass is 9.97. The van der Waals surface area contributed by atoms with Crippen LogP contribution in [-0.2, 0) is 17.8 Å². The van der Waals surface area contributed by atoms with E-state index in [2.05, 4.69) is 10.5 Å². The maximum Gasteiger partial charge on any atom is 0.303 e. The molecule has 1 aromatic heterocycles. The largest absolute Gasteiger partial charge is 0.481 e. The van der Waals surface area contributed by atoms with Crippen molar-refractivity contribution in [2.75, 3.05) is 0 Å². The van der Waals surface area contributed by atoms with Gasteiger partial charge in [0.05, 0.1) is 17.0 Å². The second-order valence-corrected chi connectivity index (χ2v) is 8.59. The molecule has 0 aliphatic heterocycles. The van der Waals surface area contributed by atoms with Crippen molar-refractivity contribution in [2.45, 2.75) is 32.4 Å². The highest BCUT2D eigenvalue weighted by Gasteiger charge is 2.24. The number of benzene rings is 3. The first kappa shape index (κ1) is 24.8. The normalized spacial score (nSPS) is 12.3. The first-order chi connectivity index (χ1) is 17.4. The highest BCUT2D eigenvalue weighted by atomic mass is 16.5. The fourth-order valence-corrected chi connectivity index (χ4v) is 3.96. The minimum absolute atomic E-state index is 0.113. The van der Waals surface area contributed by atoms with Crippen molar-refractivity contribution in [2.24, 2.45) is 5.73 Å². The van der Waals surface area contributed by atoms with Crippen LogP contribution < -0.4 is 11.1 Å². The molecule has 0 saturated heterocycles. The van der Waals surface area contributed by atoms with Gasteiger partial charge >= 0.3 is 5.97 Å². The molecule has 0 bridgehead atoms. The van der Waals surface area contributed by atoms with Gasteiger partial charge in [0.15, 0.2) is 5.76 Å². The zero-order chi connectivity index (χ0) is 25.5. The summed E-state index contributed by atoms with van der Waals surface area (Å²) in [6.07, 6.45) is 1.15. The zero-order valence-electron chi connectivity index (χ0n) is 20.0. The number of hydrogen-bond acceptors (Lipinski definition) is 6. The fourth-order valence-electron chi connectivity index (χ4n) is 3.96. The van der Waals surface area contributed by atoms with Gasteiger partial charge in [0, 0.05) is 24.7 Å². The first-order valence-corrected chi connectivity index (χ1v) is 11.7. The van der Waals surface area contributed by atoms with Gasteiger partial charge in [-0.1, -0.05) is 84.0 Å². The summed E-state index contributed by atoms with van der Waals surface area (Å²) >= 11 is 0. The van der Waals surface area contributed by atoms with Crippen LogP contribution in [0.2, 0.25) is 0 Å². The summed E-state index contributed by atoms with van der Waals surface area (Å²) in [6, 6.07) is 25.5. The number of carbonyl (C=O) groups is 1. The minimum atomic E-state index is -1.08. The lowest BCUT2D eigenvalue weighted by Gasteiger charge is -2.13. The van der Waals surface area contributed by atoms with E-state index in [1.807, 2.05) is 78.9 Å². The number of carboxylic acid groups (broad SMARTS) is 1. The van der Waals surface area contributed by atoms with Crippen LogP contribution in [0.25, 0.3) is 22.5 Å². The smallest absolute Gasteiger partial charge is 0.303 e. The Balaban J connectivity index is 1.48. The summed E-state index contributed by atoms with van der Waals surface area (Å²) in [5, 5.41) is 27.0. The Morgan fingerprint density at radius 2 is 1.58 bits per heavy atom. The molecule has 7 nitrogen and oxygen atoms in total. The van der Waals surface area contributed by atoms with E-state index in [4.69, 9.17) is 15.4 Å². The van der Waals surface area contributed by atoms with E-state index in [0.717, 1.165) is 27.8 Å². The van der Waals surface area contributed by atoms with Crippen LogP contribution in [0.1, 0.15) is 34.9 Å². The molecule has 1 unspecified atom stereocenters. The number of aliphatic carboxylic acids is 1. The van der Waals surface area contributed by atoms with Gasteiger partial charge in [0.25, 0.3) is 0 Å². The molecule has 5 N–H and O–H groups in total. The van der Waals surface area contributed by atoms with E-state index < -0.39 is 12.1 Å². The number of hydrogen-bond donors (Lipinski definition) is 4. The van der Waals surface area contributed by atoms with Gasteiger partial charge in [-0.25, -0.2) is 0 Å². The van der Waals surface area contributed by atoms with Gasteiger partial charge < -0.3 is 25.8 Å². The Kier molecular flexibility index (Phi) is 7.82. The van der Waals surface area contributed by atoms with E-state index >= 15 is 0 Å². The third-order valence-electron chi connectivity index (χ3n) is 5.98. The summed E-state index contributed by atoms with van der Waals surface area (Å²) in [5.74, 6) is -0.336. The third kappa shape index (κ3) is 6.00. The lowest BCUT2D eigenvalue weighted by molar-refractivity contribution is -0.136. The Hall–Kier alpha value is -4.36. The van der Waals surface area contributed by atoms with Gasteiger partial charge in [-0.2, -0.15) is 0 Å². The highest BCUT2D eigenvalue weighted by molar-refractivity contribution is 5.70. The number of nitrogens with two attached hydrogens (primary N) is 1. The Bertz CT molecular complexity index is 1330. The number of aryl methyl sites for hydroxylation is 2. The van der Waals surface area contributed by atoms with Gasteiger partial charge in [-0.3, -0.25) is 4.79 Å². The predicted molar refractivity (Wildman–Crippen MR) is 139 cm³/mol. The lowest BCUT2D eigenvalue weighted by Crippen LogP contribution is -2.16. The van der Waals surface area contributed by atoms with Crippen LogP contribution in [0.5, 0.6) is 0 Å². The molecule has 184 valence electrons. The average molecular weight is 484 g/mol. The van der Waals surface area contributed by atoms with Crippen LogP contribution in [0.4, 0.5) is 0 Å². The van der Waals surface area contributed by atoms with Crippen LogP contribution in [-0.4, -0.2) is 21.3 Å². The molecule has 0 fully saturated rings. The van der Waals surface area contributed by atoms with Crippen LogP contribution in [0.15, 0.2) is 95.3 Å². The average Bonchev–Trinajstić information content (AvgIpc) is 3.29. The molecule has 1 atom stereocenters. The van der Waals surface area contributed by atoms with Crippen molar-refractivity contribution in [3.8, 4) is 22.5 Å². The van der Waals surface area contributed by atoms with Gasteiger partial charge in [-0.15, -0.1) is 0 Å². The number of aliphatic hydroxyl groups is 1. The SMILES string of the molecule is Cc1noc(-c2ccc(-c3ccc(CCC(=O)O)cc3)cc2)c1C(O)/C(N)=C/NCc1ccccc1. The van der Waals surface area contributed by atoms with E-state index in [1.165, 1.54) is 0 Å². The molecule has 0 amide bonds. The molecular weight excluding hydrogens is 454 g/mol. The molecule has 0 saturated carbocycles. The molecule has 0 aliphatic rings. The van der Waals surface area contributed by atoms with Crippen LogP contribution in [0.3, 0.4) is 0 Å². The molecule has 1 heterocycles. The summed E-state index contributed by atoms with van der Waals surface area (Å²) in [6.45, 7) is 2.36. The molecule has 7 heteroatoms. The van der Waals surface area contributed by atoms with E-state index in [9.17, 15) is 9.90 Å². The number of rotatable bonds is 10. The second-order valence-electron chi connectivity index (χ2n) is 8.59. The van der Waals surface area contributed by atoms with Crippen molar-refractivity contribution in [1.29, 1.82) is 0 Å². The minimum Gasteiger partial charge on any atom is -0.481 e. The van der Waals surface area contributed by atoms with Crippen molar-refractivity contribution in [3.05, 3.63) is 113 Å². The summed E-state index contributed by atoms with van der Waals surface area (Å²) in [4.78, 5) is 10.8. The number of aromatic nitrogens is 1. The number of nitrogens with one attached hydrogen (secondary N) is 1. The molecule has 0 radical (unpaired) electrons. The van der Waals surface area contributed by atoms with Gasteiger partial charge in [-0.05, 0) is 35.6 Å². The standard InChI is InChI=1S/C29H29N3O4/c1-19-27(28(35)25(30)18-31-17-21-5-3-2-4-6-21)29(36-32-19)24-14-12-23(13-15-24)22-10-7-20(8-11-22)9-16-26(33)34/h2-8,10-15,18,28,31,35H,9,16-17,30H2,1H3,(H,33,34)/b25-18-. The molecule has 36 heavy (non-hydrogen) atoms. The highest BCUT2D eigenvalue weighted by Crippen LogP contribution is 2.34. The van der Waals surface area contributed by atoms with E-state index in [0.29, 0.717) is 30.0 Å². The maximum absolute atomic E-state index is 11.0. The van der Waals surface area contributed by atoms with E-state index in [1.54, 1.807) is 13.1 Å². The van der Waals surface area contributed by atoms with E-state index in [-0.39, 0.29) is 12.1 Å². The number of carboxylic acids is 1. The summed E-state index contributed by atoms with van der Waals surface area (Å²) in [7, 11) is 0. The van der Waals surface area contributed by atoms with Gasteiger partial charge in [0.1, 0.15) is 6.10 Å². The molecule has 3 aromatic carbocycles. The van der Waals surface area contributed by atoms with Crippen molar-refractivity contribution < 1.29 is 19.5 Å². The van der Waals surface area contributed by atoms with Gasteiger partial charge in [0.2, 0.25) is 0 Å². The Morgan fingerprint density at radius 1 is 0.972 bits per heavy atom. The summed E-state index contributed by atoms with van der Waals surface area (Å²) in [5.41, 5.74) is 12.4. The van der Waals surface area contributed by atoms with Crippen LogP contribution >= 0.6 is 0 Å². The second kappa shape index (κ2) is 11.4. The first-order valence-electron chi connectivity index (χ1n) is 11.7. The molecule has 4 aromatic rings. The third-order valence-corrected chi connectivity index (χ3v) is 5.98.